The quantitative estimate of drug-likeness (QED) is 0.642. The zero-order valence-corrected chi connectivity index (χ0v) is 10.1. The molecular formula is C13H13N3O3. The Morgan fingerprint density at radius 3 is 3.00 bits per heavy atom. The molecule has 2 heterocycles. The summed E-state index contributed by atoms with van der Waals surface area (Å²) >= 11 is 0. The Morgan fingerprint density at radius 2 is 2.11 bits per heavy atom. The van der Waals surface area contributed by atoms with Crippen molar-refractivity contribution in [2.45, 2.75) is 6.61 Å². The number of nitrogens with zero attached hydrogens (tertiary/aromatic N) is 1. The fraction of sp³-hybridized carbons (Fsp3) is 0.154. The van der Waals surface area contributed by atoms with E-state index in [0.29, 0.717) is 18.1 Å². The number of hydrazine groups is 1. The van der Waals surface area contributed by atoms with Crippen LogP contribution in [0.3, 0.4) is 0 Å². The molecular weight excluding hydrogens is 246 g/mol. The summed E-state index contributed by atoms with van der Waals surface area (Å²) in [6.45, 7) is 0.611. The number of aromatic nitrogens is 1. The number of fused-ring (bicyclic) bond motifs is 1. The topological polar surface area (TPSA) is 78.6 Å². The summed E-state index contributed by atoms with van der Waals surface area (Å²) in [5.74, 6) is 7.48. The van der Waals surface area contributed by atoms with Crippen LogP contribution in [0, 0.1) is 0 Å². The first kappa shape index (κ1) is 11.6. The Hall–Kier alpha value is -2.47. The highest BCUT2D eigenvalue weighted by Gasteiger charge is 2.13. The number of nitrogens with one attached hydrogen (secondary N) is 1. The average molecular weight is 259 g/mol. The largest absolute Gasteiger partial charge is 0.487 e. The molecule has 2 aromatic rings. The standard InChI is InChI=1S/C13H13N3O3/c14-16-9-3-4-15-10(5-9)7-17-11-1-2-12-13(6-11)19-8-18-12/h1-6H,7-8,14H2,(H,15,16). The molecule has 1 aromatic carbocycles. The number of nitrogens with two attached hydrogens (primary N) is 1. The van der Waals surface area contributed by atoms with Gasteiger partial charge in [0.15, 0.2) is 11.5 Å². The number of benzene rings is 1. The summed E-state index contributed by atoms with van der Waals surface area (Å²) in [4.78, 5) is 4.20. The minimum atomic E-state index is 0.255. The third-order valence-corrected chi connectivity index (χ3v) is 2.71. The van der Waals surface area contributed by atoms with Gasteiger partial charge in [-0.3, -0.25) is 10.8 Å². The third-order valence-electron chi connectivity index (χ3n) is 2.71. The molecule has 0 fully saturated rings. The summed E-state index contributed by atoms with van der Waals surface area (Å²) in [7, 11) is 0. The van der Waals surface area contributed by atoms with Gasteiger partial charge in [0.2, 0.25) is 6.79 Å². The van der Waals surface area contributed by atoms with Crippen LogP contribution in [0.25, 0.3) is 0 Å². The van der Waals surface area contributed by atoms with Gasteiger partial charge in [-0.1, -0.05) is 0 Å². The molecule has 0 unspecified atom stereocenters. The van der Waals surface area contributed by atoms with Gasteiger partial charge in [-0.2, -0.15) is 0 Å². The van der Waals surface area contributed by atoms with E-state index < -0.39 is 0 Å². The minimum absolute atomic E-state index is 0.255. The van der Waals surface area contributed by atoms with Crippen LogP contribution in [0.1, 0.15) is 5.69 Å². The highest BCUT2D eigenvalue weighted by atomic mass is 16.7. The van der Waals surface area contributed by atoms with Gasteiger partial charge in [0.05, 0.1) is 11.4 Å². The van der Waals surface area contributed by atoms with Crippen LogP contribution in [-0.2, 0) is 6.61 Å². The van der Waals surface area contributed by atoms with Gasteiger partial charge in [-0.15, -0.1) is 0 Å². The van der Waals surface area contributed by atoms with Crippen LogP contribution in [0.15, 0.2) is 36.5 Å². The molecule has 19 heavy (non-hydrogen) atoms. The van der Waals surface area contributed by atoms with Crippen LogP contribution in [-0.4, -0.2) is 11.8 Å². The smallest absolute Gasteiger partial charge is 0.231 e. The summed E-state index contributed by atoms with van der Waals surface area (Å²) < 4.78 is 16.2. The Morgan fingerprint density at radius 1 is 1.21 bits per heavy atom. The van der Waals surface area contributed by atoms with Crippen molar-refractivity contribution in [2.75, 3.05) is 12.2 Å². The summed E-state index contributed by atoms with van der Waals surface area (Å²) in [6.07, 6.45) is 1.67. The zero-order valence-electron chi connectivity index (χ0n) is 10.1. The number of hydrogen-bond donors (Lipinski definition) is 2. The zero-order chi connectivity index (χ0) is 13.1. The van der Waals surface area contributed by atoms with Crippen molar-refractivity contribution < 1.29 is 14.2 Å². The second-order valence-corrected chi connectivity index (χ2v) is 3.98. The van der Waals surface area contributed by atoms with E-state index in [4.69, 9.17) is 20.1 Å². The van der Waals surface area contributed by atoms with Crippen molar-refractivity contribution in [3.05, 3.63) is 42.2 Å². The van der Waals surface area contributed by atoms with Crippen molar-refractivity contribution >= 4 is 5.69 Å². The SMILES string of the molecule is NNc1ccnc(COc2ccc3c(c2)OCO3)c1. The lowest BCUT2D eigenvalue weighted by Gasteiger charge is -2.07. The monoisotopic (exact) mass is 259 g/mol. The van der Waals surface area contributed by atoms with Crippen molar-refractivity contribution in [3.8, 4) is 17.2 Å². The molecule has 0 saturated heterocycles. The molecule has 6 nitrogen and oxygen atoms in total. The molecule has 0 radical (unpaired) electrons. The molecule has 0 atom stereocenters. The van der Waals surface area contributed by atoms with Crippen molar-refractivity contribution in [2.24, 2.45) is 5.84 Å². The van der Waals surface area contributed by atoms with Crippen LogP contribution in [0.5, 0.6) is 17.2 Å². The maximum absolute atomic E-state index is 5.65. The van der Waals surface area contributed by atoms with Gasteiger partial charge < -0.3 is 19.6 Å². The normalized spacial score (nSPS) is 12.3. The van der Waals surface area contributed by atoms with E-state index in [1.54, 1.807) is 18.3 Å². The number of ether oxygens (including phenoxy) is 3. The van der Waals surface area contributed by atoms with Crippen molar-refractivity contribution in [3.63, 3.8) is 0 Å². The van der Waals surface area contributed by atoms with Gasteiger partial charge in [0.25, 0.3) is 0 Å². The highest BCUT2D eigenvalue weighted by molar-refractivity contribution is 5.47. The van der Waals surface area contributed by atoms with Gasteiger partial charge in [0.1, 0.15) is 12.4 Å². The third kappa shape index (κ3) is 2.53. The van der Waals surface area contributed by atoms with Crippen molar-refractivity contribution in [1.29, 1.82) is 0 Å². The van der Waals surface area contributed by atoms with Crippen LogP contribution in [0.2, 0.25) is 0 Å². The molecule has 3 rings (SSSR count). The van der Waals surface area contributed by atoms with E-state index in [1.165, 1.54) is 0 Å². The average Bonchev–Trinajstić information content (AvgIpc) is 2.93. The van der Waals surface area contributed by atoms with Crippen LogP contribution >= 0.6 is 0 Å². The maximum Gasteiger partial charge on any atom is 0.231 e. The molecule has 0 aliphatic carbocycles. The van der Waals surface area contributed by atoms with Crippen LogP contribution in [0.4, 0.5) is 5.69 Å². The van der Waals surface area contributed by atoms with E-state index in [9.17, 15) is 0 Å². The Balaban J connectivity index is 1.68. The summed E-state index contributed by atoms with van der Waals surface area (Å²) in [5, 5.41) is 0. The first-order valence-electron chi connectivity index (χ1n) is 5.79. The first-order chi connectivity index (χ1) is 9.35. The number of nitrogen functional groups attached to an aromatic ring is 1. The molecule has 98 valence electrons. The highest BCUT2D eigenvalue weighted by Crippen LogP contribution is 2.35. The van der Waals surface area contributed by atoms with Gasteiger partial charge >= 0.3 is 0 Å². The fourth-order valence-corrected chi connectivity index (χ4v) is 1.77. The Labute approximate surface area is 110 Å². The number of pyridine rings is 1. The number of hydrogen-bond acceptors (Lipinski definition) is 6. The molecule has 0 saturated carbocycles. The molecule has 3 N–H and O–H groups in total. The van der Waals surface area contributed by atoms with Gasteiger partial charge in [-0.25, -0.2) is 0 Å². The summed E-state index contributed by atoms with van der Waals surface area (Å²) in [6, 6.07) is 9.06. The fourth-order valence-electron chi connectivity index (χ4n) is 1.77. The molecule has 1 aromatic heterocycles. The summed E-state index contributed by atoms with van der Waals surface area (Å²) in [5.41, 5.74) is 4.14. The maximum atomic E-state index is 5.65. The Kier molecular flexibility index (Phi) is 3.07. The lowest BCUT2D eigenvalue weighted by atomic mass is 10.3. The lowest BCUT2D eigenvalue weighted by Crippen LogP contribution is -2.08. The Bertz CT molecular complexity index is 589. The van der Waals surface area contributed by atoms with E-state index in [0.717, 1.165) is 17.1 Å². The van der Waals surface area contributed by atoms with Gasteiger partial charge in [-0.05, 0) is 24.3 Å². The molecule has 0 amide bonds. The van der Waals surface area contributed by atoms with Crippen LogP contribution < -0.4 is 25.5 Å². The first-order valence-corrected chi connectivity index (χ1v) is 5.79. The molecule has 1 aliphatic rings. The lowest BCUT2D eigenvalue weighted by molar-refractivity contribution is 0.173. The van der Waals surface area contributed by atoms with Crippen molar-refractivity contribution in [1.82, 2.24) is 4.98 Å². The van der Waals surface area contributed by atoms with E-state index in [-0.39, 0.29) is 6.79 Å². The van der Waals surface area contributed by atoms with E-state index in [1.807, 2.05) is 18.2 Å². The van der Waals surface area contributed by atoms with E-state index >= 15 is 0 Å². The molecule has 1 aliphatic heterocycles. The predicted molar refractivity (Wildman–Crippen MR) is 68.9 cm³/mol. The van der Waals surface area contributed by atoms with E-state index in [2.05, 4.69) is 10.4 Å². The van der Waals surface area contributed by atoms with Gasteiger partial charge in [0, 0.05) is 12.3 Å². The second kappa shape index (κ2) is 5.03. The molecule has 0 spiro atoms. The molecule has 6 heteroatoms. The predicted octanol–water partition coefficient (Wildman–Crippen LogP) is 1.67. The number of anilines is 1. The number of rotatable bonds is 4. The minimum Gasteiger partial charge on any atom is -0.487 e. The second-order valence-electron chi connectivity index (χ2n) is 3.98. The molecule has 0 bridgehead atoms.